The summed E-state index contributed by atoms with van der Waals surface area (Å²) < 4.78 is 7.51. The minimum absolute atomic E-state index is 0.704. The SMILES string of the molecule is CCOc1ccc(NCc2cccn2C)cc1. The van der Waals surface area contributed by atoms with Crippen molar-refractivity contribution in [2.24, 2.45) is 7.05 Å². The lowest BCUT2D eigenvalue weighted by molar-refractivity contribution is 0.340. The van der Waals surface area contributed by atoms with Crippen molar-refractivity contribution in [1.29, 1.82) is 0 Å². The first kappa shape index (κ1) is 11.6. The monoisotopic (exact) mass is 230 g/mol. The van der Waals surface area contributed by atoms with Gasteiger partial charge >= 0.3 is 0 Å². The van der Waals surface area contributed by atoms with E-state index in [9.17, 15) is 0 Å². The van der Waals surface area contributed by atoms with Crippen LogP contribution in [0.2, 0.25) is 0 Å². The van der Waals surface area contributed by atoms with Gasteiger partial charge in [0.05, 0.1) is 13.2 Å². The van der Waals surface area contributed by atoms with Crippen molar-refractivity contribution in [3.63, 3.8) is 0 Å². The van der Waals surface area contributed by atoms with Crippen molar-refractivity contribution in [2.45, 2.75) is 13.5 Å². The number of rotatable bonds is 5. The highest BCUT2D eigenvalue weighted by atomic mass is 16.5. The Morgan fingerprint density at radius 2 is 1.94 bits per heavy atom. The molecule has 90 valence electrons. The molecule has 0 spiro atoms. The molecule has 0 unspecified atom stereocenters. The van der Waals surface area contributed by atoms with Gasteiger partial charge in [-0.1, -0.05) is 0 Å². The molecule has 0 atom stereocenters. The summed E-state index contributed by atoms with van der Waals surface area (Å²) >= 11 is 0. The Morgan fingerprint density at radius 1 is 1.18 bits per heavy atom. The van der Waals surface area contributed by atoms with Crippen LogP contribution in [-0.2, 0) is 13.6 Å². The summed E-state index contributed by atoms with van der Waals surface area (Å²) in [6.45, 7) is 3.52. The molecular formula is C14H18N2O. The predicted octanol–water partition coefficient (Wildman–Crippen LogP) is 3.04. The highest BCUT2D eigenvalue weighted by Crippen LogP contribution is 2.16. The van der Waals surface area contributed by atoms with E-state index in [4.69, 9.17) is 4.74 Å². The second-order valence-corrected chi connectivity index (χ2v) is 3.92. The van der Waals surface area contributed by atoms with Crippen LogP contribution in [0.5, 0.6) is 5.75 Å². The molecule has 0 aliphatic carbocycles. The van der Waals surface area contributed by atoms with Crippen molar-refractivity contribution in [2.75, 3.05) is 11.9 Å². The van der Waals surface area contributed by atoms with Gasteiger partial charge < -0.3 is 14.6 Å². The van der Waals surface area contributed by atoms with Crippen LogP contribution in [0.15, 0.2) is 42.6 Å². The molecule has 1 aromatic heterocycles. The summed E-state index contributed by atoms with van der Waals surface area (Å²) in [5.74, 6) is 0.914. The molecule has 3 nitrogen and oxygen atoms in total. The van der Waals surface area contributed by atoms with E-state index < -0.39 is 0 Å². The van der Waals surface area contributed by atoms with Gasteiger partial charge in [-0.15, -0.1) is 0 Å². The average molecular weight is 230 g/mol. The highest BCUT2D eigenvalue weighted by Gasteiger charge is 1.97. The van der Waals surface area contributed by atoms with Gasteiger partial charge in [0, 0.05) is 24.6 Å². The van der Waals surface area contributed by atoms with E-state index in [1.165, 1.54) is 5.69 Å². The largest absolute Gasteiger partial charge is 0.494 e. The first-order valence-electron chi connectivity index (χ1n) is 5.86. The number of ether oxygens (including phenoxy) is 1. The Balaban J connectivity index is 1.93. The van der Waals surface area contributed by atoms with Gasteiger partial charge in [-0.3, -0.25) is 0 Å². The van der Waals surface area contributed by atoms with Crippen LogP contribution in [0, 0.1) is 0 Å². The summed E-state index contributed by atoms with van der Waals surface area (Å²) in [5, 5.41) is 3.38. The van der Waals surface area contributed by atoms with E-state index in [-0.39, 0.29) is 0 Å². The highest BCUT2D eigenvalue weighted by molar-refractivity contribution is 5.46. The van der Waals surface area contributed by atoms with Gasteiger partial charge in [-0.25, -0.2) is 0 Å². The lowest BCUT2D eigenvalue weighted by atomic mass is 10.3. The summed E-state index contributed by atoms with van der Waals surface area (Å²) in [4.78, 5) is 0. The number of nitrogens with zero attached hydrogens (tertiary/aromatic N) is 1. The maximum absolute atomic E-state index is 5.40. The van der Waals surface area contributed by atoms with Crippen molar-refractivity contribution >= 4 is 5.69 Å². The normalized spacial score (nSPS) is 10.2. The molecule has 0 aliphatic rings. The lowest BCUT2D eigenvalue weighted by Crippen LogP contribution is -2.03. The summed E-state index contributed by atoms with van der Waals surface area (Å²) in [6, 6.07) is 12.2. The predicted molar refractivity (Wildman–Crippen MR) is 70.4 cm³/mol. The van der Waals surface area contributed by atoms with Gasteiger partial charge in [0.2, 0.25) is 0 Å². The van der Waals surface area contributed by atoms with Gasteiger partial charge in [-0.2, -0.15) is 0 Å². The molecular weight excluding hydrogens is 212 g/mol. The van der Waals surface area contributed by atoms with E-state index in [2.05, 4.69) is 35.3 Å². The minimum atomic E-state index is 0.704. The molecule has 0 bridgehead atoms. The fourth-order valence-electron chi connectivity index (χ4n) is 1.71. The second kappa shape index (κ2) is 5.43. The van der Waals surface area contributed by atoms with Crippen LogP contribution in [0.3, 0.4) is 0 Å². The molecule has 1 N–H and O–H groups in total. The molecule has 0 aliphatic heterocycles. The Morgan fingerprint density at radius 3 is 2.53 bits per heavy atom. The molecule has 0 radical (unpaired) electrons. The van der Waals surface area contributed by atoms with Crippen molar-refractivity contribution in [3.8, 4) is 5.75 Å². The summed E-state index contributed by atoms with van der Waals surface area (Å²) in [5.41, 5.74) is 2.37. The molecule has 1 aromatic carbocycles. The number of hydrogen-bond acceptors (Lipinski definition) is 2. The standard InChI is InChI=1S/C14H18N2O/c1-3-17-14-8-6-12(7-9-14)15-11-13-5-4-10-16(13)2/h4-10,15H,3,11H2,1-2H3. The third kappa shape index (κ3) is 3.03. The van der Waals surface area contributed by atoms with Crippen LogP contribution in [0.1, 0.15) is 12.6 Å². The Labute approximate surface area is 102 Å². The zero-order valence-electron chi connectivity index (χ0n) is 10.3. The van der Waals surface area contributed by atoms with E-state index in [0.717, 1.165) is 18.0 Å². The summed E-state index contributed by atoms with van der Waals surface area (Å²) in [6.07, 6.45) is 2.05. The lowest BCUT2D eigenvalue weighted by Gasteiger charge is -2.08. The van der Waals surface area contributed by atoms with Crippen LogP contribution in [0.25, 0.3) is 0 Å². The first-order valence-corrected chi connectivity index (χ1v) is 5.86. The quantitative estimate of drug-likeness (QED) is 0.854. The maximum Gasteiger partial charge on any atom is 0.119 e. The topological polar surface area (TPSA) is 26.2 Å². The van der Waals surface area contributed by atoms with Crippen molar-refractivity contribution in [3.05, 3.63) is 48.3 Å². The zero-order chi connectivity index (χ0) is 12.1. The minimum Gasteiger partial charge on any atom is -0.494 e. The third-order valence-electron chi connectivity index (χ3n) is 2.69. The number of nitrogens with one attached hydrogen (secondary N) is 1. The second-order valence-electron chi connectivity index (χ2n) is 3.92. The third-order valence-corrected chi connectivity index (χ3v) is 2.69. The van der Waals surface area contributed by atoms with Crippen LogP contribution < -0.4 is 10.1 Å². The van der Waals surface area contributed by atoms with E-state index >= 15 is 0 Å². The molecule has 17 heavy (non-hydrogen) atoms. The number of benzene rings is 1. The van der Waals surface area contributed by atoms with E-state index in [0.29, 0.717) is 6.61 Å². The van der Waals surface area contributed by atoms with Crippen molar-refractivity contribution < 1.29 is 4.74 Å². The Kier molecular flexibility index (Phi) is 3.70. The number of aromatic nitrogens is 1. The molecule has 0 saturated carbocycles. The van der Waals surface area contributed by atoms with Crippen molar-refractivity contribution in [1.82, 2.24) is 4.57 Å². The van der Waals surface area contributed by atoms with Gasteiger partial charge in [0.1, 0.15) is 5.75 Å². The molecule has 0 fully saturated rings. The number of hydrogen-bond donors (Lipinski definition) is 1. The average Bonchev–Trinajstić information content (AvgIpc) is 2.75. The van der Waals surface area contributed by atoms with Crippen LogP contribution >= 0.6 is 0 Å². The smallest absolute Gasteiger partial charge is 0.119 e. The molecule has 1 heterocycles. The number of aryl methyl sites for hydroxylation is 1. The summed E-state index contributed by atoms with van der Waals surface area (Å²) in [7, 11) is 2.05. The van der Waals surface area contributed by atoms with Gasteiger partial charge in [-0.05, 0) is 43.3 Å². The Hall–Kier alpha value is -1.90. The molecule has 3 heteroatoms. The number of anilines is 1. The molecule has 0 amide bonds. The fourth-order valence-corrected chi connectivity index (χ4v) is 1.71. The van der Waals surface area contributed by atoms with Crippen LogP contribution in [-0.4, -0.2) is 11.2 Å². The van der Waals surface area contributed by atoms with E-state index in [1.807, 2.05) is 31.2 Å². The fraction of sp³-hybridized carbons (Fsp3) is 0.286. The molecule has 2 aromatic rings. The van der Waals surface area contributed by atoms with Gasteiger partial charge in [0.15, 0.2) is 0 Å². The first-order chi connectivity index (χ1) is 8.29. The Bertz CT molecular complexity index is 459. The molecule has 2 rings (SSSR count). The zero-order valence-corrected chi connectivity index (χ0v) is 10.3. The van der Waals surface area contributed by atoms with E-state index in [1.54, 1.807) is 0 Å². The van der Waals surface area contributed by atoms with Gasteiger partial charge in [0.25, 0.3) is 0 Å². The van der Waals surface area contributed by atoms with Crippen LogP contribution in [0.4, 0.5) is 5.69 Å². The molecule has 0 saturated heterocycles. The maximum atomic E-state index is 5.40.